The van der Waals surface area contributed by atoms with Crippen LogP contribution in [-0.4, -0.2) is 41.7 Å². The Labute approximate surface area is 115 Å². The number of nitriles is 1. The van der Waals surface area contributed by atoms with Crippen molar-refractivity contribution in [3.63, 3.8) is 0 Å². The van der Waals surface area contributed by atoms with Crippen LogP contribution in [0.3, 0.4) is 0 Å². The Bertz CT molecular complexity index is 555. The molecule has 1 unspecified atom stereocenters. The number of aromatic nitrogens is 2. The number of carbonyl (C=O) groups excluding carboxylic acids is 1. The van der Waals surface area contributed by atoms with Crippen molar-refractivity contribution in [3.8, 4) is 11.9 Å². The van der Waals surface area contributed by atoms with E-state index in [-0.39, 0.29) is 24.2 Å². The van der Waals surface area contributed by atoms with Crippen molar-refractivity contribution in [1.29, 1.82) is 5.26 Å². The topological polar surface area (TPSA) is 79.1 Å². The number of ketones is 1. The summed E-state index contributed by atoms with van der Waals surface area (Å²) >= 11 is 1.37. The van der Waals surface area contributed by atoms with E-state index in [0.717, 1.165) is 0 Å². The quantitative estimate of drug-likeness (QED) is 0.471. The predicted octanol–water partition coefficient (Wildman–Crippen LogP) is 1.51. The summed E-state index contributed by atoms with van der Waals surface area (Å²) in [4.78, 5) is 22.5. The van der Waals surface area contributed by atoms with Crippen molar-refractivity contribution < 1.29 is 9.53 Å². The SMILES string of the molecule is COc1nc(SC)nc2c1C(=O)CC(C)N2CC#N. The monoisotopic (exact) mass is 278 g/mol. The smallest absolute Gasteiger partial charge is 0.230 e. The second-order valence-electron chi connectivity index (χ2n) is 4.18. The molecule has 0 N–H and O–H groups in total. The van der Waals surface area contributed by atoms with E-state index < -0.39 is 0 Å². The van der Waals surface area contributed by atoms with Crippen LogP contribution in [-0.2, 0) is 0 Å². The Morgan fingerprint density at radius 3 is 2.89 bits per heavy atom. The van der Waals surface area contributed by atoms with Gasteiger partial charge >= 0.3 is 0 Å². The molecule has 1 aromatic heterocycles. The van der Waals surface area contributed by atoms with Crippen molar-refractivity contribution in [2.45, 2.75) is 24.5 Å². The number of thioether (sulfide) groups is 1. The molecule has 1 atom stereocenters. The van der Waals surface area contributed by atoms with Crippen molar-refractivity contribution in [3.05, 3.63) is 5.56 Å². The first kappa shape index (κ1) is 13.6. The molecule has 7 heteroatoms. The highest BCUT2D eigenvalue weighted by Gasteiger charge is 2.34. The van der Waals surface area contributed by atoms with Gasteiger partial charge in [0.05, 0.1) is 13.2 Å². The van der Waals surface area contributed by atoms with E-state index in [1.54, 1.807) is 0 Å². The van der Waals surface area contributed by atoms with Crippen LogP contribution in [0.5, 0.6) is 5.88 Å². The van der Waals surface area contributed by atoms with Crippen LogP contribution in [0, 0.1) is 11.3 Å². The van der Waals surface area contributed by atoms with Gasteiger partial charge in [0.25, 0.3) is 0 Å². The van der Waals surface area contributed by atoms with Gasteiger partial charge in [0, 0.05) is 12.5 Å². The normalized spacial score (nSPS) is 17.9. The molecule has 19 heavy (non-hydrogen) atoms. The highest BCUT2D eigenvalue weighted by molar-refractivity contribution is 7.98. The summed E-state index contributed by atoms with van der Waals surface area (Å²) in [6.45, 7) is 2.10. The Morgan fingerprint density at radius 1 is 1.58 bits per heavy atom. The zero-order chi connectivity index (χ0) is 14.0. The zero-order valence-electron chi connectivity index (χ0n) is 11.0. The third-order valence-electron chi connectivity index (χ3n) is 3.02. The Morgan fingerprint density at radius 2 is 2.32 bits per heavy atom. The van der Waals surface area contributed by atoms with Gasteiger partial charge in [-0.25, -0.2) is 4.98 Å². The number of hydrogen-bond donors (Lipinski definition) is 0. The number of carbonyl (C=O) groups is 1. The number of rotatable bonds is 3. The molecule has 1 aliphatic rings. The zero-order valence-corrected chi connectivity index (χ0v) is 11.8. The molecular weight excluding hydrogens is 264 g/mol. The lowest BCUT2D eigenvalue weighted by Gasteiger charge is -2.33. The first-order chi connectivity index (χ1) is 9.12. The lowest BCUT2D eigenvalue weighted by Crippen LogP contribution is -2.41. The summed E-state index contributed by atoms with van der Waals surface area (Å²) in [5.41, 5.74) is 0.383. The largest absolute Gasteiger partial charge is 0.480 e. The van der Waals surface area contributed by atoms with Gasteiger partial charge in [0.15, 0.2) is 10.9 Å². The Hall–Kier alpha value is -1.81. The number of Topliss-reactive ketones (excluding diaryl/α,β-unsaturated/α-hetero) is 1. The van der Waals surface area contributed by atoms with E-state index in [1.165, 1.54) is 18.9 Å². The van der Waals surface area contributed by atoms with Crippen LogP contribution in [0.25, 0.3) is 0 Å². The van der Waals surface area contributed by atoms with Crippen molar-refractivity contribution in [1.82, 2.24) is 9.97 Å². The van der Waals surface area contributed by atoms with Gasteiger partial charge in [-0.15, -0.1) is 0 Å². The third kappa shape index (κ3) is 2.36. The van der Waals surface area contributed by atoms with E-state index in [9.17, 15) is 4.79 Å². The molecule has 0 spiro atoms. The summed E-state index contributed by atoms with van der Waals surface area (Å²) in [5.74, 6) is 0.747. The third-order valence-corrected chi connectivity index (χ3v) is 3.56. The van der Waals surface area contributed by atoms with Crippen LogP contribution in [0.1, 0.15) is 23.7 Å². The van der Waals surface area contributed by atoms with Crippen LogP contribution in [0.2, 0.25) is 0 Å². The molecule has 100 valence electrons. The maximum absolute atomic E-state index is 12.1. The average Bonchev–Trinajstić information content (AvgIpc) is 2.41. The standard InChI is InChI=1S/C12H14N4O2S/c1-7-6-8(17)9-10(16(7)5-4-13)14-12(19-3)15-11(9)18-2/h7H,5-6H2,1-3H3. The number of nitrogens with zero attached hydrogens (tertiary/aromatic N) is 4. The molecule has 0 aliphatic carbocycles. The number of methoxy groups -OCH3 is 1. The van der Waals surface area contributed by atoms with Gasteiger partial charge in [-0.1, -0.05) is 11.8 Å². The van der Waals surface area contributed by atoms with Gasteiger partial charge in [0.1, 0.15) is 17.9 Å². The minimum atomic E-state index is -0.0473. The molecular formula is C12H14N4O2S. The highest BCUT2D eigenvalue weighted by atomic mass is 32.2. The Balaban J connectivity index is 2.63. The van der Waals surface area contributed by atoms with Crippen LogP contribution >= 0.6 is 11.8 Å². The van der Waals surface area contributed by atoms with Gasteiger partial charge in [-0.3, -0.25) is 4.79 Å². The van der Waals surface area contributed by atoms with Gasteiger partial charge in [-0.2, -0.15) is 10.2 Å². The maximum Gasteiger partial charge on any atom is 0.230 e. The maximum atomic E-state index is 12.1. The summed E-state index contributed by atoms with van der Waals surface area (Å²) in [5, 5.41) is 9.45. The number of anilines is 1. The molecule has 0 aromatic carbocycles. The minimum absolute atomic E-state index is 0.0406. The van der Waals surface area contributed by atoms with Crippen molar-refractivity contribution in [2.75, 3.05) is 24.8 Å². The molecule has 1 aliphatic heterocycles. The molecule has 2 rings (SSSR count). The van der Waals surface area contributed by atoms with Crippen molar-refractivity contribution >= 4 is 23.4 Å². The van der Waals surface area contributed by atoms with Crippen LogP contribution < -0.4 is 9.64 Å². The first-order valence-corrected chi connectivity index (χ1v) is 7.01. The molecule has 0 saturated carbocycles. The lowest BCUT2D eigenvalue weighted by molar-refractivity contribution is 0.0964. The molecule has 6 nitrogen and oxygen atoms in total. The summed E-state index contributed by atoms with van der Waals surface area (Å²) < 4.78 is 5.19. The molecule has 0 amide bonds. The molecule has 2 heterocycles. The van der Waals surface area contributed by atoms with Gasteiger partial charge in [-0.05, 0) is 13.2 Å². The summed E-state index contributed by atoms with van der Waals surface area (Å²) in [6.07, 6.45) is 2.19. The highest BCUT2D eigenvalue weighted by Crippen LogP contribution is 2.35. The number of ether oxygens (including phenoxy) is 1. The fraction of sp³-hybridized carbons (Fsp3) is 0.500. The lowest BCUT2D eigenvalue weighted by atomic mass is 9.99. The van der Waals surface area contributed by atoms with E-state index in [4.69, 9.17) is 10.00 Å². The number of fused-ring (bicyclic) bond motifs is 1. The predicted molar refractivity (Wildman–Crippen MR) is 71.7 cm³/mol. The molecule has 0 saturated heterocycles. The molecule has 1 aromatic rings. The van der Waals surface area contributed by atoms with Crippen molar-refractivity contribution in [2.24, 2.45) is 0 Å². The minimum Gasteiger partial charge on any atom is -0.480 e. The van der Waals surface area contributed by atoms with E-state index >= 15 is 0 Å². The van der Waals surface area contributed by atoms with E-state index in [1.807, 2.05) is 18.1 Å². The van der Waals surface area contributed by atoms with E-state index in [2.05, 4.69) is 16.0 Å². The van der Waals surface area contributed by atoms with Gasteiger partial charge in [0.2, 0.25) is 5.88 Å². The fourth-order valence-corrected chi connectivity index (χ4v) is 2.45. The molecule has 0 bridgehead atoms. The summed E-state index contributed by atoms with van der Waals surface area (Å²) in [7, 11) is 1.48. The van der Waals surface area contributed by atoms with E-state index in [0.29, 0.717) is 23.0 Å². The molecule has 0 radical (unpaired) electrons. The molecule has 0 fully saturated rings. The summed E-state index contributed by atoms with van der Waals surface area (Å²) in [6, 6.07) is 2.06. The second kappa shape index (κ2) is 5.45. The van der Waals surface area contributed by atoms with Crippen LogP contribution in [0.15, 0.2) is 5.16 Å². The fourth-order valence-electron chi connectivity index (χ4n) is 2.10. The Kier molecular flexibility index (Phi) is 3.90. The first-order valence-electron chi connectivity index (χ1n) is 5.79. The average molecular weight is 278 g/mol. The number of hydrogen-bond acceptors (Lipinski definition) is 7. The van der Waals surface area contributed by atoms with Crippen LogP contribution in [0.4, 0.5) is 5.82 Å². The second-order valence-corrected chi connectivity index (χ2v) is 4.95. The van der Waals surface area contributed by atoms with Gasteiger partial charge < -0.3 is 9.64 Å².